The molecule has 0 aromatic heterocycles. The highest BCUT2D eigenvalue weighted by Gasteiger charge is 2.37. The minimum Gasteiger partial charge on any atom is -0.382 e. The van der Waals surface area contributed by atoms with Crippen LogP contribution < -0.4 is 5.32 Å². The Morgan fingerprint density at radius 1 is 1.15 bits per heavy atom. The van der Waals surface area contributed by atoms with Gasteiger partial charge in [-0.05, 0) is 56.6 Å². The van der Waals surface area contributed by atoms with Gasteiger partial charge in [0.2, 0.25) is 0 Å². The quantitative estimate of drug-likeness (QED) is 0.607. The third-order valence-corrected chi connectivity index (χ3v) is 6.56. The number of hydrogen-bond acceptors (Lipinski definition) is 2. The van der Waals surface area contributed by atoms with E-state index >= 15 is 0 Å². The lowest BCUT2D eigenvalue weighted by atomic mass is 9.93. The number of nitrogens with zero attached hydrogens (tertiary/aromatic N) is 1. The van der Waals surface area contributed by atoms with E-state index in [1.807, 2.05) is 0 Å². The van der Waals surface area contributed by atoms with E-state index in [1.54, 1.807) is 0 Å². The fraction of sp³-hybridized carbons (Fsp3) is 0.583. The molecule has 0 bridgehead atoms. The van der Waals surface area contributed by atoms with Gasteiger partial charge in [0.1, 0.15) is 0 Å². The number of rotatable bonds is 9. The predicted molar refractivity (Wildman–Crippen MR) is 114 cm³/mol. The van der Waals surface area contributed by atoms with Gasteiger partial charge in [0.15, 0.2) is 0 Å². The van der Waals surface area contributed by atoms with Crippen LogP contribution in [0.1, 0.15) is 46.1 Å². The lowest BCUT2D eigenvalue weighted by molar-refractivity contribution is 0.204. The summed E-state index contributed by atoms with van der Waals surface area (Å²) in [7, 11) is 2.24. The smallest absolute Gasteiger partial charge is 0.0440 e. The maximum atomic E-state index is 4.29. The molecule has 1 saturated carbocycles. The largest absolute Gasteiger partial charge is 0.382 e. The number of likely N-dealkylation sites (N-methyl/N-ethyl adjacent to an activating group) is 1. The van der Waals surface area contributed by atoms with E-state index in [4.69, 9.17) is 0 Å². The average molecular weight is 355 g/mol. The average Bonchev–Trinajstić information content (AvgIpc) is 2.87. The highest BCUT2D eigenvalue weighted by atomic mass is 15.2. The standard InChI is InChI=1S/C24H38N2/c1-17(13-14-23-11-9-8-10-12-23)22(6)25-19(3)16-26(7)24-15-18(2)20(4)21(24)5/h8-12,18,20-22,24-25H,1,3,13-16H2,2,4-7H3/t18-,20+,21+,22+,24+/m1/s1. The summed E-state index contributed by atoms with van der Waals surface area (Å²) in [6.45, 7) is 18.9. The molecule has 1 fully saturated rings. The topological polar surface area (TPSA) is 15.3 Å². The van der Waals surface area contributed by atoms with Gasteiger partial charge in [-0.2, -0.15) is 0 Å². The molecular weight excluding hydrogens is 316 g/mol. The Balaban J connectivity index is 1.76. The molecule has 0 saturated heterocycles. The third kappa shape index (κ3) is 5.48. The Labute approximate surface area is 161 Å². The first kappa shape index (κ1) is 20.8. The van der Waals surface area contributed by atoms with Crippen molar-refractivity contribution in [2.75, 3.05) is 13.6 Å². The Bertz CT molecular complexity index is 591. The van der Waals surface area contributed by atoms with Gasteiger partial charge >= 0.3 is 0 Å². The highest BCUT2D eigenvalue weighted by Crippen LogP contribution is 2.38. The maximum Gasteiger partial charge on any atom is 0.0440 e. The van der Waals surface area contributed by atoms with Crippen molar-refractivity contribution in [1.29, 1.82) is 0 Å². The van der Waals surface area contributed by atoms with Crippen LogP contribution in [-0.2, 0) is 6.42 Å². The Morgan fingerprint density at radius 3 is 2.38 bits per heavy atom. The summed E-state index contributed by atoms with van der Waals surface area (Å²) in [5.74, 6) is 2.37. The molecule has 1 aliphatic carbocycles. The van der Waals surface area contributed by atoms with Crippen LogP contribution in [0.5, 0.6) is 0 Å². The minimum atomic E-state index is 0.262. The summed E-state index contributed by atoms with van der Waals surface area (Å²) in [4.78, 5) is 2.49. The normalized spacial score (nSPS) is 26.7. The summed E-state index contributed by atoms with van der Waals surface area (Å²) in [6.07, 6.45) is 3.36. The summed E-state index contributed by atoms with van der Waals surface area (Å²) < 4.78 is 0. The molecule has 5 atom stereocenters. The van der Waals surface area contributed by atoms with Crippen molar-refractivity contribution < 1.29 is 0 Å². The van der Waals surface area contributed by atoms with Crippen LogP contribution in [0.25, 0.3) is 0 Å². The predicted octanol–water partition coefficient (Wildman–Crippen LogP) is 5.28. The van der Waals surface area contributed by atoms with Crippen molar-refractivity contribution in [2.45, 2.75) is 59.0 Å². The van der Waals surface area contributed by atoms with Crippen LogP contribution in [0.3, 0.4) is 0 Å². The SMILES string of the molecule is C=C(CN(C)[C@H]1C[C@@H](C)[C@H](C)[C@@H]1C)N[C@@H](C)C(=C)CCc1ccccc1. The molecule has 2 heteroatoms. The molecule has 0 spiro atoms. The van der Waals surface area contributed by atoms with Crippen molar-refractivity contribution in [3.8, 4) is 0 Å². The van der Waals surface area contributed by atoms with Gasteiger partial charge < -0.3 is 5.32 Å². The summed E-state index contributed by atoms with van der Waals surface area (Å²) in [6, 6.07) is 11.6. The fourth-order valence-corrected chi connectivity index (χ4v) is 4.30. The van der Waals surface area contributed by atoms with Crippen LogP contribution in [0.15, 0.2) is 54.8 Å². The summed E-state index contributed by atoms with van der Waals surface area (Å²) in [5, 5.41) is 3.57. The first-order valence-corrected chi connectivity index (χ1v) is 10.2. The van der Waals surface area contributed by atoms with Gasteiger partial charge in [-0.15, -0.1) is 0 Å². The zero-order valence-corrected chi connectivity index (χ0v) is 17.5. The molecule has 1 N–H and O–H groups in total. The maximum absolute atomic E-state index is 4.29. The van der Waals surface area contributed by atoms with E-state index in [0.717, 1.165) is 42.8 Å². The minimum absolute atomic E-state index is 0.262. The van der Waals surface area contributed by atoms with Gasteiger partial charge in [0.05, 0.1) is 0 Å². The van der Waals surface area contributed by atoms with Crippen molar-refractivity contribution in [3.63, 3.8) is 0 Å². The number of aryl methyl sites for hydroxylation is 1. The van der Waals surface area contributed by atoms with E-state index < -0.39 is 0 Å². The molecule has 144 valence electrons. The van der Waals surface area contributed by atoms with Crippen molar-refractivity contribution >= 4 is 0 Å². The van der Waals surface area contributed by atoms with Gasteiger partial charge in [-0.25, -0.2) is 0 Å². The van der Waals surface area contributed by atoms with Gasteiger partial charge in [0, 0.05) is 24.3 Å². The van der Waals surface area contributed by atoms with Crippen molar-refractivity contribution in [3.05, 3.63) is 60.3 Å². The molecule has 0 unspecified atom stereocenters. The van der Waals surface area contributed by atoms with Crippen LogP contribution in [0, 0.1) is 17.8 Å². The molecule has 2 nitrogen and oxygen atoms in total. The van der Waals surface area contributed by atoms with E-state index in [-0.39, 0.29) is 6.04 Å². The lowest BCUT2D eigenvalue weighted by Gasteiger charge is -2.31. The fourth-order valence-electron chi connectivity index (χ4n) is 4.30. The molecular formula is C24H38N2. The Kier molecular flexibility index (Phi) is 7.52. The second-order valence-corrected chi connectivity index (χ2v) is 8.53. The van der Waals surface area contributed by atoms with Crippen LogP contribution in [0.2, 0.25) is 0 Å². The van der Waals surface area contributed by atoms with Crippen molar-refractivity contribution in [2.24, 2.45) is 17.8 Å². The van der Waals surface area contributed by atoms with Gasteiger partial charge in [-0.3, -0.25) is 4.90 Å². The molecule has 0 radical (unpaired) electrons. The molecule has 1 aromatic rings. The second kappa shape index (κ2) is 9.41. The Morgan fingerprint density at radius 2 is 1.81 bits per heavy atom. The lowest BCUT2D eigenvalue weighted by Crippen LogP contribution is -2.39. The molecule has 0 aliphatic heterocycles. The van der Waals surface area contributed by atoms with Crippen molar-refractivity contribution in [1.82, 2.24) is 10.2 Å². The molecule has 1 aromatic carbocycles. The van der Waals surface area contributed by atoms with Gasteiger partial charge in [-0.1, -0.05) is 69.8 Å². The second-order valence-electron chi connectivity index (χ2n) is 8.53. The van der Waals surface area contributed by atoms with Crippen LogP contribution in [0.4, 0.5) is 0 Å². The molecule has 0 amide bonds. The van der Waals surface area contributed by atoms with E-state index in [0.29, 0.717) is 6.04 Å². The number of benzene rings is 1. The monoisotopic (exact) mass is 354 g/mol. The molecule has 0 heterocycles. The van der Waals surface area contributed by atoms with Gasteiger partial charge in [0.25, 0.3) is 0 Å². The number of nitrogens with one attached hydrogen (secondary N) is 1. The first-order valence-electron chi connectivity index (χ1n) is 10.2. The zero-order valence-electron chi connectivity index (χ0n) is 17.5. The van der Waals surface area contributed by atoms with Crippen LogP contribution in [-0.4, -0.2) is 30.6 Å². The molecule has 26 heavy (non-hydrogen) atoms. The molecule has 2 rings (SSSR count). The number of hydrogen-bond donors (Lipinski definition) is 1. The van der Waals surface area contributed by atoms with E-state index in [9.17, 15) is 0 Å². The first-order chi connectivity index (χ1) is 12.3. The Hall–Kier alpha value is -1.54. The molecule has 1 aliphatic rings. The van der Waals surface area contributed by atoms with E-state index in [2.05, 4.69) is 88.4 Å². The summed E-state index contributed by atoms with van der Waals surface area (Å²) >= 11 is 0. The van der Waals surface area contributed by atoms with E-state index in [1.165, 1.54) is 17.6 Å². The third-order valence-electron chi connectivity index (χ3n) is 6.56. The van der Waals surface area contributed by atoms with Crippen LogP contribution >= 0.6 is 0 Å². The zero-order chi connectivity index (χ0) is 19.3. The summed E-state index contributed by atoms with van der Waals surface area (Å²) in [5.41, 5.74) is 3.72. The highest BCUT2D eigenvalue weighted by molar-refractivity contribution is 5.18.